The molecule has 0 spiro atoms. The van der Waals surface area contributed by atoms with Crippen molar-refractivity contribution in [1.82, 2.24) is 15.8 Å². The monoisotopic (exact) mass is 353 g/mol. The summed E-state index contributed by atoms with van der Waals surface area (Å²) in [6, 6.07) is 6.24. The zero-order valence-electron chi connectivity index (χ0n) is 13.1. The molecular weight excluding hydrogens is 333 g/mol. The fraction of sp³-hybridized carbons (Fsp3) is 0.471. The first-order valence-electron chi connectivity index (χ1n) is 7.95. The first-order valence-corrected chi connectivity index (χ1v) is 8.70. The number of allylic oxidation sites excluding steroid dienone is 1. The second-order valence-corrected chi connectivity index (χ2v) is 6.93. The van der Waals surface area contributed by atoms with Crippen LogP contribution >= 0.6 is 23.2 Å². The number of halogens is 2. The Morgan fingerprint density at radius 3 is 2.91 bits per heavy atom. The standard InChI is InChI=1S/C17H21Cl2N3O/c1-2-3-4-16(23)22-8-7-15-12(10-22)17(21-20-15)11-5-6-13(18)14(19)9-11/h2-3,5-6,9,12,15,17,20-21H,4,7-8,10H2,1H3/b3-2+. The highest BCUT2D eigenvalue weighted by Gasteiger charge is 2.41. The van der Waals surface area contributed by atoms with Crippen LogP contribution in [0.4, 0.5) is 0 Å². The Kier molecular flexibility index (Phi) is 5.27. The fourth-order valence-corrected chi connectivity index (χ4v) is 3.72. The number of piperidine rings is 1. The Bertz CT molecular complexity index is 620. The predicted molar refractivity (Wildman–Crippen MR) is 93.4 cm³/mol. The molecule has 1 amide bonds. The average molecular weight is 354 g/mol. The smallest absolute Gasteiger partial charge is 0.226 e. The second-order valence-electron chi connectivity index (χ2n) is 6.11. The summed E-state index contributed by atoms with van der Waals surface area (Å²) >= 11 is 12.2. The van der Waals surface area contributed by atoms with E-state index in [4.69, 9.17) is 23.2 Å². The molecule has 23 heavy (non-hydrogen) atoms. The molecule has 3 rings (SSSR count). The van der Waals surface area contributed by atoms with Crippen LogP contribution in [0.25, 0.3) is 0 Å². The fourth-order valence-electron chi connectivity index (χ4n) is 3.41. The zero-order valence-corrected chi connectivity index (χ0v) is 14.6. The first-order chi connectivity index (χ1) is 11.1. The summed E-state index contributed by atoms with van der Waals surface area (Å²) in [6.07, 6.45) is 5.26. The minimum absolute atomic E-state index is 0.132. The van der Waals surface area contributed by atoms with Gasteiger partial charge in [0.15, 0.2) is 0 Å². The molecule has 2 saturated heterocycles. The predicted octanol–water partition coefficient (Wildman–Crippen LogP) is 3.33. The van der Waals surface area contributed by atoms with Gasteiger partial charge in [-0.3, -0.25) is 10.2 Å². The van der Waals surface area contributed by atoms with Gasteiger partial charge in [-0.2, -0.15) is 0 Å². The van der Waals surface area contributed by atoms with Gasteiger partial charge in [-0.15, -0.1) is 0 Å². The number of likely N-dealkylation sites (tertiary alicyclic amines) is 1. The largest absolute Gasteiger partial charge is 0.342 e. The molecule has 6 heteroatoms. The summed E-state index contributed by atoms with van der Waals surface area (Å²) < 4.78 is 0. The lowest BCUT2D eigenvalue weighted by Crippen LogP contribution is -2.47. The Morgan fingerprint density at radius 2 is 2.17 bits per heavy atom. The van der Waals surface area contributed by atoms with Gasteiger partial charge in [0.1, 0.15) is 0 Å². The van der Waals surface area contributed by atoms with Crippen LogP contribution in [0.5, 0.6) is 0 Å². The van der Waals surface area contributed by atoms with Crippen molar-refractivity contribution in [3.05, 3.63) is 46.0 Å². The lowest BCUT2D eigenvalue weighted by Gasteiger charge is -2.36. The summed E-state index contributed by atoms with van der Waals surface area (Å²) in [7, 11) is 0. The zero-order chi connectivity index (χ0) is 16.4. The first kappa shape index (κ1) is 16.8. The molecule has 2 aliphatic rings. The Balaban J connectivity index is 1.74. The van der Waals surface area contributed by atoms with E-state index in [0.717, 1.165) is 25.1 Å². The molecule has 0 saturated carbocycles. The molecule has 4 nitrogen and oxygen atoms in total. The lowest BCUT2D eigenvalue weighted by molar-refractivity contribution is -0.132. The third-order valence-electron chi connectivity index (χ3n) is 4.69. The molecule has 124 valence electrons. The summed E-state index contributed by atoms with van der Waals surface area (Å²) in [4.78, 5) is 14.3. The average Bonchev–Trinajstić information content (AvgIpc) is 2.98. The number of hydrazine groups is 1. The van der Waals surface area contributed by atoms with Crippen LogP contribution in [0.15, 0.2) is 30.4 Å². The van der Waals surface area contributed by atoms with Crippen molar-refractivity contribution in [1.29, 1.82) is 0 Å². The van der Waals surface area contributed by atoms with Crippen LogP contribution in [-0.4, -0.2) is 29.9 Å². The summed E-state index contributed by atoms with van der Waals surface area (Å²) in [6.45, 7) is 3.50. The molecule has 2 aliphatic heterocycles. The minimum atomic E-state index is 0.132. The van der Waals surface area contributed by atoms with E-state index in [9.17, 15) is 4.79 Å². The highest BCUT2D eigenvalue weighted by molar-refractivity contribution is 6.42. The third-order valence-corrected chi connectivity index (χ3v) is 5.43. The van der Waals surface area contributed by atoms with Gasteiger partial charge in [0, 0.05) is 31.5 Å². The minimum Gasteiger partial charge on any atom is -0.342 e. The molecule has 2 fully saturated rings. The van der Waals surface area contributed by atoms with Crippen LogP contribution in [-0.2, 0) is 4.79 Å². The number of amides is 1. The summed E-state index contributed by atoms with van der Waals surface area (Å²) in [5, 5.41) is 1.12. The quantitative estimate of drug-likeness (QED) is 0.819. The molecule has 3 atom stereocenters. The molecule has 3 unspecified atom stereocenters. The molecule has 0 bridgehead atoms. The number of carbonyl (C=O) groups is 1. The van der Waals surface area contributed by atoms with E-state index in [0.29, 0.717) is 28.4 Å². The number of nitrogens with zero attached hydrogens (tertiary/aromatic N) is 1. The van der Waals surface area contributed by atoms with Gasteiger partial charge in [0.2, 0.25) is 5.91 Å². The number of nitrogens with one attached hydrogen (secondary N) is 2. The number of rotatable bonds is 3. The van der Waals surface area contributed by atoms with Gasteiger partial charge >= 0.3 is 0 Å². The Labute approximate surface area is 146 Å². The van der Waals surface area contributed by atoms with Crippen LogP contribution in [0.3, 0.4) is 0 Å². The highest BCUT2D eigenvalue weighted by Crippen LogP contribution is 2.36. The van der Waals surface area contributed by atoms with E-state index >= 15 is 0 Å². The number of hydrogen-bond donors (Lipinski definition) is 2. The van der Waals surface area contributed by atoms with E-state index in [1.165, 1.54) is 0 Å². The molecule has 0 aromatic heterocycles. The van der Waals surface area contributed by atoms with Crippen molar-refractivity contribution in [2.75, 3.05) is 13.1 Å². The Morgan fingerprint density at radius 1 is 1.35 bits per heavy atom. The van der Waals surface area contributed by atoms with Gasteiger partial charge < -0.3 is 4.90 Å². The van der Waals surface area contributed by atoms with Gasteiger partial charge in [0.25, 0.3) is 0 Å². The van der Waals surface area contributed by atoms with E-state index < -0.39 is 0 Å². The topological polar surface area (TPSA) is 44.4 Å². The highest BCUT2D eigenvalue weighted by atomic mass is 35.5. The SMILES string of the molecule is C/C=C/CC(=O)N1CCC2NNC(c3ccc(Cl)c(Cl)c3)C2C1. The molecule has 0 aliphatic carbocycles. The maximum atomic E-state index is 12.3. The van der Waals surface area contributed by atoms with Crippen LogP contribution in [0.1, 0.15) is 31.4 Å². The number of hydrogen-bond acceptors (Lipinski definition) is 3. The van der Waals surface area contributed by atoms with Gasteiger partial charge in [-0.25, -0.2) is 5.43 Å². The number of fused-ring (bicyclic) bond motifs is 1. The lowest BCUT2D eigenvalue weighted by atomic mass is 9.85. The Hall–Kier alpha value is -1.07. The van der Waals surface area contributed by atoms with E-state index in [2.05, 4.69) is 10.9 Å². The van der Waals surface area contributed by atoms with Crippen molar-refractivity contribution >= 4 is 29.1 Å². The molecule has 1 aromatic carbocycles. The van der Waals surface area contributed by atoms with Gasteiger partial charge in [0.05, 0.1) is 16.1 Å². The van der Waals surface area contributed by atoms with E-state index in [1.807, 2.05) is 42.2 Å². The maximum Gasteiger partial charge on any atom is 0.226 e. The maximum absolute atomic E-state index is 12.3. The van der Waals surface area contributed by atoms with Crippen LogP contribution < -0.4 is 10.9 Å². The van der Waals surface area contributed by atoms with Crippen molar-refractivity contribution < 1.29 is 4.79 Å². The third kappa shape index (κ3) is 3.56. The van der Waals surface area contributed by atoms with Crippen molar-refractivity contribution in [2.24, 2.45) is 5.92 Å². The van der Waals surface area contributed by atoms with Crippen LogP contribution in [0, 0.1) is 5.92 Å². The molecular formula is C17H21Cl2N3O. The van der Waals surface area contributed by atoms with E-state index in [1.54, 1.807) is 0 Å². The second kappa shape index (κ2) is 7.22. The van der Waals surface area contributed by atoms with Gasteiger partial charge in [-0.05, 0) is 31.0 Å². The molecule has 0 radical (unpaired) electrons. The molecule has 2 N–H and O–H groups in total. The van der Waals surface area contributed by atoms with Crippen molar-refractivity contribution in [3.8, 4) is 0 Å². The van der Waals surface area contributed by atoms with E-state index in [-0.39, 0.29) is 11.9 Å². The van der Waals surface area contributed by atoms with Crippen molar-refractivity contribution in [3.63, 3.8) is 0 Å². The number of benzene rings is 1. The molecule has 1 aromatic rings. The molecule has 2 heterocycles. The van der Waals surface area contributed by atoms with Crippen LogP contribution in [0.2, 0.25) is 10.0 Å². The summed E-state index contributed by atoms with van der Waals surface area (Å²) in [5.41, 5.74) is 7.83. The van der Waals surface area contributed by atoms with Crippen molar-refractivity contribution in [2.45, 2.75) is 31.8 Å². The number of carbonyl (C=O) groups excluding carboxylic acids is 1. The van der Waals surface area contributed by atoms with Gasteiger partial charge in [-0.1, -0.05) is 41.4 Å². The normalized spacial score (nSPS) is 27.4. The summed E-state index contributed by atoms with van der Waals surface area (Å²) in [5.74, 6) is 0.525.